The summed E-state index contributed by atoms with van der Waals surface area (Å²) >= 11 is 8.02. The van der Waals surface area contributed by atoms with Crippen molar-refractivity contribution in [1.29, 1.82) is 0 Å². The van der Waals surface area contributed by atoms with E-state index in [1.165, 1.54) is 31.4 Å². The van der Waals surface area contributed by atoms with Crippen molar-refractivity contribution in [3.05, 3.63) is 97.7 Å². The minimum atomic E-state index is -0.826. The molecule has 1 fully saturated rings. The van der Waals surface area contributed by atoms with Crippen LogP contribution in [-0.4, -0.2) is 41.7 Å². The van der Waals surface area contributed by atoms with Crippen molar-refractivity contribution < 1.29 is 28.2 Å². The van der Waals surface area contributed by atoms with Gasteiger partial charge in [-0.3, -0.25) is 19.2 Å². The summed E-state index contributed by atoms with van der Waals surface area (Å²) in [5, 5.41) is 2.98. The number of thioether (sulfide) groups is 1. The number of nitrogens with one attached hydrogen (secondary N) is 2. The van der Waals surface area contributed by atoms with Crippen LogP contribution in [0.25, 0.3) is 0 Å². The number of amides is 3. The van der Waals surface area contributed by atoms with E-state index in [0.717, 1.165) is 28.0 Å². The van der Waals surface area contributed by atoms with Crippen LogP contribution in [0.15, 0.2) is 76.6 Å². The first kappa shape index (κ1) is 28.0. The van der Waals surface area contributed by atoms with Crippen LogP contribution in [0.3, 0.4) is 0 Å². The molecule has 0 spiro atoms. The fourth-order valence-corrected chi connectivity index (χ4v) is 7.73. The summed E-state index contributed by atoms with van der Waals surface area (Å²) in [6, 6.07) is 16.8. The Labute approximate surface area is 251 Å². The highest BCUT2D eigenvalue weighted by Gasteiger charge is 2.56. The molecular formula is C29H21ClFN3O6S2. The molecule has 9 nitrogen and oxygen atoms in total. The number of fused-ring (bicyclic) bond motifs is 2. The van der Waals surface area contributed by atoms with Crippen LogP contribution >= 0.6 is 34.7 Å². The van der Waals surface area contributed by atoms with Crippen molar-refractivity contribution in [2.75, 3.05) is 23.9 Å². The fraction of sp³-hybridized carbons (Fsp3) is 0.172. The Hall–Kier alpha value is -4.13. The maximum absolute atomic E-state index is 13.8. The van der Waals surface area contributed by atoms with E-state index >= 15 is 0 Å². The lowest BCUT2D eigenvalue weighted by Gasteiger charge is -2.30. The maximum atomic E-state index is 13.8. The summed E-state index contributed by atoms with van der Waals surface area (Å²) in [5.74, 6) is -2.65. The van der Waals surface area contributed by atoms with E-state index in [2.05, 4.69) is 10.3 Å². The number of H-pyrrole nitrogens is 1. The van der Waals surface area contributed by atoms with E-state index in [1.807, 2.05) is 0 Å². The molecule has 13 heteroatoms. The number of imide groups is 1. The third-order valence-corrected chi connectivity index (χ3v) is 9.60. The summed E-state index contributed by atoms with van der Waals surface area (Å²) in [6.45, 7) is -0.299. The summed E-state index contributed by atoms with van der Waals surface area (Å²) in [4.78, 5) is 56.3. The average Bonchev–Trinajstić information content (AvgIpc) is 3.47. The average molecular weight is 626 g/mol. The highest BCUT2D eigenvalue weighted by Crippen LogP contribution is 2.53. The van der Waals surface area contributed by atoms with Crippen molar-refractivity contribution in [2.45, 2.75) is 16.2 Å². The molecule has 3 atom stereocenters. The fourth-order valence-electron chi connectivity index (χ4n) is 5.09. The Balaban J connectivity index is 1.29. The van der Waals surface area contributed by atoms with E-state index in [0.29, 0.717) is 37.7 Å². The summed E-state index contributed by atoms with van der Waals surface area (Å²) in [7, 11) is 1.44. The quantitative estimate of drug-likeness (QED) is 0.276. The number of hydrogen-bond acceptors (Lipinski definition) is 8. The van der Waals surface area contributed by atoms with Crippen molar-refractivity contribution in [3.63, 3.8) is 0 Å². The Morgan fingerprint density at radius 3 is 2.48 bits per heavy atom. The summed E-state index contributed by atoms with van der Waals surface area (Å²) in [5.41, 5.74) is 1.46. The molecule has 3 unspecified atom stereocenters. The van der Waals surface area contributed by atoms with Gasteiger partial charge in [-0.05, 0) is 66.2 Å². The number of anilines is 2. The zero-order chi connectivity index (χ0) is 29.5. The second kappa shape index (κ2) is 11.3. The largest absolute Gasteiger partial charge is 0.493 e. The summed E-state index contributed by atoms with van der Waals surface area (Å²) < 4.78 is 24.8. The van der Waals surface area contributed by atoms with Crippen molar-refractivity contribution in [1.82, 2.24) is 4.98 Å². The standard InChI is InChI=1S/C29H21ClFN3O6S2/c1-39-20-12-14(2-11-19(20)40-13-21(35)32-17-7-3-15(30)4-8-17)22-23-25(41-26-24(22)42-29(38)33-26)28(37)34(27(23)36)18-9-5-16(31)6-10-18/h2-12,22-23,25H,13H2,1H3,(H,32,35)(H,33,38). The Bertz CT molecular complexity index is 1760. The molecule has 0 aliphatic carbocycles. The summed E-state index contributed by atoms with van der Waals surface area (Å²) in [6.07, 6.45) is 0. The molecule has 4 aromatic rings. The lowest BCUT2D eigenvalue weighted by atomic mass is 9.83. The molecule has 3 aromatic carbocycles. The first-order chi connectivity index (χ1) is 20.2. The Morgan fingerprint density at radius 1 is 1.02 bits per heavy atom. The monoisotopic (exact) mass is 625 g/mol. The number of methoxy groups -OCH3 is 1. The normalized spacial score (nSPS) is 19.3. The third kappa shape index (κ3) is 5.17. The molecule has 6 rings (SSSR count). The van der Waals surface area contributed by atoms with E-state index in [4.69, 9.17) is 21.1 Å². The highest BCUT2D eigenvalue weighted by atomic mass is 35.5. The number of aromatic nitrogens is 1. The second-order valence-electron chi connectivity index (χ2n) is 9.49. The van der Waals surface area contributed by atoms with E-state index < -0.39 is 40.6 Å². The SMILES string of the molecule is COc1cc(C2c3sc(=O)[nH]c3SC3C(=O)N(c4ccc(F)cc4)C(=O)C32)ccc1OCC(=O)Nc1ccc(Cl)cc1. The number of halogens is 2. The van der Waals surface area contributed by atoms with Crippen molar-refractivity contribution in [2.24, 2.45) is 5.92 Å². The Morgan fingerprint density at radius 2 is 1.76 bits per heavy atom. The lowest BCUT2D eigenvalue weighted by molar-refractivity contribution is -0.122. The molecule has 2 N–H and O–H groups in total. The van der Waals surface area contributed by atoms with Crippen LogP contribution in [0.2, 0.25) is 5.02 Å². The zero-order valence-corrected chi connectivity index (χ0v) is 24.1. The number of ether oxygens (including phenoxy) is 2. The van der Waals surface area contributed by atoms with Crippen LogP contribution in [0.5, 0.6) is 11.5 Å². The third-order valence-electron chi connectivity index (χ3n) is 6.94. The van der Waals surface area contributed by atoms with Crippen LogP contribution in [0.1, 0.15) is 16.4 Å². The molecule has 1 saturated heterocycles. The maximum Gasteiger partial charge on any atom is 0.305 e. The van der Waals surface area contributed by atoms with Crippen molar-refractivity contribution in [3.8, 4) is 11.5 Å². The van der Waals surface area contributed by atoms with Gasteiger partial charge in [-0.2, -0.15) is 0 Å². The van der Waals surface area contributed by atoms with Gasteiger partial charge in [-0.15, -0.1) is 0 Å². The van der Waals surface area contributed by atoms with E-state index in [-0.39, 0.29) is 17.2 Å². The van der Waals surface area contributed by atoms with E-state index in [9.17, 15) is 23.6 Å². The number of benzene rings is 3. The highest BCUT2D eigenvalue weighted by molar-refractivity contribution is 8.00. The molecule has 0 saturated carbocycles. The number of carbonyl (C=O) groups is 3. The number of carbonyl (C=O) groups excluding carboxylic acids is 3. The molecule has 214 valence electrons. The number of hydrogen-bond donors (Lipinski definition) is 2. The van der Waals surface area contributed by atoms with Gasteiger partial charge in [-0.1, -0.05) is 40.8 Å². The number of aromatic amines is 1. The van der Waals surface area contributed by atoms with E-state index in [1.54, 1.807) is 42.5 Å². The first-order valence-corrected chi connectivity index (χ1v) is 14.7. The molecule has 0 bridgehead atoms. The van der Waals surface area contributed by atoms with Gasteiger partial charge >= 0.3 is 4.87 Å². The topological polar surface area (TPSA) is 118 Å². The zero-order valence-electron chi connectivity index (χ0n) is 21.8. The molecule has 1 aromatic heterocycles. The number of nitrogens with zero attached hydrogens (tertiary/aromatic N) is 1. The molecule has 2 aliphatic rings. The molecule has 42 heavy (non-hydrogen) atoms. The van der Waals surface area contributed by atoms with Gasteiger partial charge in [0.15, 0.2) is 18.1 Å². The minimum Gasteiger partial charge on any atom is -0.493 e. The van der Waals surface area contributed by atoms with Crippen molar-refractivity contribution >= 4 is 63.8 Å². The molecule has 0 radical (unpaired) electrons. The van der Waals surface area contributed by atoms with Gasteiger partial charge in [-0.25, -0.2) is 9.29 Å². The van der Waals surface area contributed by atoms with Crippen LogP contribution < -0.4 is 24.6 Å². The van der Waals surface area contributed by atoms with Crippen LogP contribution in [-0.2, 0) is 14.4 Å². The second-order valence-corrected chi connectivity index (χ2v) is 12.1. The smallest absolute Gasteiger partial charge is 0.305 e. The van der Waals surface area contributed by atoms with Crippen LogP contribution in [0, 0.1) is 11.7 Å². The van der Waals surface area contributed by atoms with Gasteiger partial charge in [0.1, 0.15) is 11.1 Å². The van der Waals surface area contributed by atoms with Gasteiger partial charge in [0.25, 0.3) is 5.91 Å². The predicted octanol–water partition coefficient (Wildman–Crippen LogP) is 5.05. The molecule has 3 amide bonds. The van der Waals surface area contributed by atoms with Gasteiger partial charge < -0.3 is 19.8 Å². The lowest BCUT2D eigenvalue weighted by Crippen LogP contribution is -2.32. The molecular weight excluding hydrogens is 605 g/mol. The predicted molar refractivity (Wildman–Crippen MR) is 157 cm³/mol. The Kier molecular flexibility index (Phi) is 7.52. The number of thiazole rings is 1. The molecule has 2 aliphatic heterocycles. The minimum absolute atomic E-state index is 0.273. The first-order valence-electron chi connectivity index (χ1n) is 12.6. The molecule has 3 heterocycles. The number of rotatable bonds is 7. The van der Waals surface area contributed by atoms with Gasteiger partial charge in [0, 0.05) is 21.5 Å². The van der Waals surface area contributed by atoms with Gasteiger partial charge in [0.2, 0.25) is 11.8 Å². The van der Waals surface area contributed by atoms with Gasteiger partial charge in [0.05, 0.1) is 23.7 Å². The van der Waals surface area contributed by atoms with Crippen LogP contribution in [0.4, 0.5) is 15.8 Å².